The molecule has 2 aromatic rings. The summed E-state index contributed by atoms with van der Waals surface area (Å²) in [5.41, 5.74) is 10.1. The summed E-state index contributed by atoms with van der Waals surface area (Å²) < 4.78 is 0. The van der Waals surface area contributed by atoms with Crippen LogP contribution in [0.1, 0.15) is 43.0 Å². The molecule has 0 atom stereocenters. The Bertz CT molecular complexity index is 533. The maximum Gasteiger partial charge on any atom is 0.137 e. The molecule has 1 aromatic heterocycles. The lowest BCUT2D eigenvalue weighted by atomic mass is 10.0. The van der Waals surface area contributed by atoms with Crippen LogP contribution in [0.15, 0.2) is 24.3 Å². The number of aromatic amines is 1. The zero-order valence-electron chi connectivity index (χ0n) is 10.7. The van der Waals surface area contributed by atoms with E-state index in [0.717, 1.165) is 17.1 Å². The monoisotopic (exact) mass is 241 g/mol. The van der Waals surface area contributed by atoms with E-state index in [2.05, 4.69) is 11.9 Å². The molecule has 0 amide bonds. The zero-order valence-corrected chi connectivity index (χ0v) is 10.7. The Labute approximate surface area is 107 Å². The van der Waals surface area contributed by atoms with Crippen LogP contribution in [0.5, 0.6) is 0 Å². The Hall–Kier alpha value is -1.77. The summed E-state index contributed by atoms with van der Waals surface area (Å²) >= 11 is 0. The maximum atomic E-state index is 5.71. The van der Waals surface area contributed by atoms with Crippen molar-refractivity contribution in [2.45, 2.75) is 38.5 Å². The summed E-state index contributed by atoms with van der Waals surface area (Å²) in [6.07, 6.45) is 5.25. The van der Waals surface area contributed by atoms with E-state index in [4.69, 9.17) is 10.7 Å². The molecule has 3 heteroatoms. The van der Waals surface area contributed by atoms with Crippen molar-refractivity contribution in [2.75, 3.05) is 5.73 Å². The van der Waals surface area contributed by atoms with Crippen molar-refractivity contribution in [1.82, 2.24) is 9.97 Å². The first-order chi connectivity index (χ1) is 8.74. The van der Waals surface area contributed by atoms with Gasteiger partial charge in [-0.1, -0.05) is 12.8 Å². The van der Waals surface area contributed by atoms with Gasteiger partial charge in [-0.2, -0.15) is 0 Å². The molecular weight excluding hydrogens is 222 g/mol. The molecule has 0 aliphatic heterocycles. The first kappa shape index (κ1) is 11.3. The Balaban J connectivity index is 1.94. The van der Waals surface area contributed by atoms with E-state index in [1.807, 2.05) is 24.3 Å². The van der Waals surface area contributed by atoms with E-state index in [-0.39, 0.29) is 0 Å². The number of nitrogens with zero attached hydrogens (tertiary/aromatic N) is 1. The molecule has 0 spiro atoms. The number of rotatable bonds is 2. The molecule has 1 saturated carbocycles. The van der Waals surface area contributed by atoms with Crippen molar-refractivity contribution in [1.29, 1.82) is 0 Å². The second kappa shape index (κ2) is 4.48. The lowest BCUT2D eigenvalue weighted by Crippen LogP contribution is -1.94. The molecule has 0 bridgehead atoms. The van der Waals surface area contributed by atoms with E-state index in [1.54, 1.807) is 0 Å². The van der Waals surface area contributed by atoms with Crippen molar-refractivity contribution in [2.24, 2.45) is 0 Å². The predicted molar refractivity (Wildman–Crippen MR) is 74.4 cm³/mol. The van der Waals surface area contributed by atoms with Crippen LogP contribution in [0, 0.1) is 6.92 Å². The van der Waals surface area contributed by atoms with Gasteiger partial charge in [-0.3, -0.25) is 0 Å². The smallest absolute Gasteiger partial charge is 0.137 e. The van der Waals surface area contributed by atoms with Crippen molar-refractivity contribution in [3.05, 3.63) is 35.7 Å². The Morgan fingerprint density at radius 2 is 1.83 bits per heavy atom. The van der Waals surface area contributed by atoms with Crippen LogP contribution in [-0.4, -0.2) is 9.97 Å². The number of nitrogens with two attached hydrogens (primary N) is 1. The first-order valence-electron chi connectivity index (χ1n) is 6.66. The molecule has 3 nitrogen and oxygen atoms in total. The molecule has 1 aromatic carbocycles. The van der Waals surface area contributed by atoms with Gasteiger partial charge in [0.1, 0.15) is 5.82 Å². The summed E-state index contributed by atoms with van der Waals surface area (Å²) in [4.78, 5) is 8.20. The minimum absolute atomic E-state index is 0.656. The maximum absolute atomic E-state index is 5.71. The van der Waals surface area contributed by atoms with Gasteiger partial charge in [0.25, 0.3) is 0 Å². The third kappa shape index (κ3) is 2.01. The third-order valence-electron chi connectivity index (χ3n) is 3.85. The van der Waals surface area contributed by atoms with Crippen molar-refractivity contribution in [3.8, 4) is 11.4 Å². The van der Waals surface area contributed by atoms with Gasteiger partial charge in [0.15, 0.2) is 0 Å². The average molecular weight is 241 g/mol. The largest absolute Gasteiger partial charge is 0.399 e. The van der Waals surface area contributed by atoms with Gasteiger partial charge in [-0.05, 0) is 44.0 Å². The number of H-pyrrole nitrogens is 1. The lowest BCUT2D eigenvalue weighted by molar-refractivity contribution is 0.697. The lowest BCUT2D eigenvalue weighted by Gasteiger charge is -2.05. The molecule has 1 heterocycles. The van der Waals surface area contributed by atoms with Crippen LogP contribution in [0.2, 0.25) is 0 Å². The summed E-state index contributed by atoms with van der Waals surface area (Å²) in [6.45, 7) is 2.13. The molecule has 3 N–H and O–H groups in total. The molecule has 1 aliphatic carbocycles. The average Bonchev–Trinajstić information content (AvgIpc) is 2.99. The summed E-state index contributed by atoms with van der Waals surface area (Å²) in [5, 5.41) is 0. The topological polar surface area (TPSA) is 54.7 Å². The van der Waals surface area contributed by atoms with Crippen molar-refractivity contribution >= 4 is 5.69 Å². The van der Waals surface area contributed by atoms with E-state index in [1.165, 1.54) is 37.1 Å². The molecule has 0 unspecified atom stereocenters. The minimum Gasteiger partial charge on any atom is -0.399 e. The Kier molecular flexibility index (Phi) is 2.82. The molecule has 0 saturated heterocycles. The number of benzene rings is 1. The van der Waals surface area contributed by atoms with Crippen molar-refractivity contribution in [3.63, 3.8) is 0 Å². The van der Waals surface area contributed by atoms with Gasteiger partial charge in [0, 0.05) is 22.9 Å². The molecule has 18 heavy (non-hydrogen) atoms. The molecule has 1 fully saturated rings. The van der Waals surface area contributed by atoms with Crippen LogP contribution < -0.4 is 5.73 Å². The van der Waals surface area contributed by atoms with Gasteiger partial charge >= 0.3 is 0 Å². The van der Waals surface area contributed by atoms with Crippen LogP contribution >= 0.6 is 0 Å². The highest BCUT2D eigenvalue weighted by atomic mass is 14.9. The van der Waals surface area contributed by atoms with Gasteiger partial charge in [0.05, 0.1) is 5.69 Å². The number of hydrogen-bond acceptors (Lipinski definition) is 2. The quantitative estimate of drug-likeness (QED) is 0.789. The van der Waals surface area contributed by atoms with Gasteiger partial charge < -0.3 is 10.7 Å². The van der Waals surface area contributed by atoms with Gasteiger partial charge in [0.2, 0.25) is 0 Å². The SMILES string of the molecule is Cc1[nH]c(-c2ccc(N)cc2)nc1C1CCCC1. The molecule has 94 valence electrons. The van der Waals surface area contributed by atoms with E-state index in [9.17, 15) is 0 Å². The molecule has 0 radical (unpaired) electrons. The number of nitrogens with one attached hydrogen (secondary N) is 1. The summed E-state index contributed by atoms with van der Waals surface area (Å²) in [7, 11) is 0. The van der Waals surface area contributed by atoms with Crippen LogP contribution in [0.3, 0.4) is 0 Å². The number of nitrogen functional groups attached to an aromatic ring is 1. The predicted octanol–water partition coefficient (Wildman–Crippen LogP) is 3.62. The van der Waals surface area contributed by atoms with E-state index in [0.29, 0.717) is 5.92 Å². The fraction of sp³-hybridized carbons (Fsp3) is 0.400. The zero-order chi connectivity index (χ0) is 12.5. The Morgan fingerprint density at radius 1 is 1.17 bits per heavy atom. The summed E-state index contributed by atoms with van der Waals surface area (Å²) in [6, 6.07) is 7.88. The highest BCUT2D eigenvalue weighted by molar-refractivity contribution is 5.59. The fourth-order valence-corrected chi connectivity index (χ4v) is 2.85. The first-order valence-corrected chi connectivity index (χ1v) is 6.66. The second-order valence-electron chi connectivity index (χ2n) is 5.20. The van der Waals surface area contributed by atoms with E-state index < -0.39 is 0 Å². The number of aryl methyl sites for hydroxylation is 1. The highest BCUT2D eigenvalue weighted by Crippen LogP contribution is 2.35. The fourth-order valence-electron chi connectivity index (χ4n) is 2.85. The second-order valence-corrected chi connectivity index (χ2v) is 5.20. The van der Waals surface area contributed by atoms with Crippen LogP contribution in [-0.2, 0) is 0 Å². The van der Waals surface area contributed by atoms with Crippen LogP contribution in [0.25, 0.3) is 11.4 Å². The normalized spacial score (nSPS) is 16.3. The minimum atomic E-state index is 0.656. The number of aromatic nitrogens is 2. The van der Waals surface area contributed by atoms with Crippen LogP contribution in [0.4, 0.5) is 5.69 Å². The standard InChI is InChI=1S/C15H19N3/c1-10-14(11-4-2-3-5-11)18-15(17-10)12-6-8-13(16)9-7-12/h6-9,11H,2-5,16H2,1H3,(H,17,18). The third-order valence-corrected chi connectivity index (χ3v) is 3.85. The van der Waals surface area contributed by atoms with Gasteiger partial charge in [-0.25, -0.2) is 4.98 Å². The number of hydrogen-bond donors (Lipinski definition) is 2. The number of anilines is 1. The molecule has 1 aliphatic rings. The highest BCUT2D eigenvalue weighted by Gasteiger charge is 2.22. The summed E-state index contributed by atoms with van der Waals surface area (Å²) in [5.74, 6) is 1.62. The Morgan fingerprint density at radius 3 is 2.50 bits per heavy atom. The van der Waals surface area contributed by atoms with Crippen molar-refractivity contribution < 1.29 is 0 Å². The van der Waals surface area contributed by atoms with E-state index >= 15 is 0 Å². The number of imidazole rings is 1. The molecule has 3 rings (SSSR count). The molecular formula is C15H19N3. The van der Waals surface area contributed by atoms with Gasteiger partial charge in [-0.15, -0.1) is 0 Å².